The van der Waals surface area contributed by atoms with E-state index in [-0.39, 0.29) is 11.7 Å². The van der Waals surface area contributed by atoms with Crippen LogP contribution in [0.1, 0.15) is 42.8 Å². The monoisotopic (exact) mass is 477 g/mol. The second kappa shape index (κ2) is 13.3. The lowest BCUT2D eigenvalue weighted by Crippen LogP contribution is -2.25. The van der Waals surface area contributed by atoms with Crippen LogP contribution in [-0.4, -0.2) is 53.1 Å². The van der Waals surface area contributed by atoms with Crippen molar-refractivity contribution in [3.63, 3.8) is 0 Å². The Morgan fingerprint density at radius 1 is 1.12 bits per heavy atom. The van der Waals surface area contributed by atoms with Crippen LogP contribution >= 0.6 is 11.8 Å². The Labute approximate surface area is 195 Å². The predicted octanol–water partition coefficient (Wildman–Crippen LogP) is 3.18. The first-order valence-electron chi connectivity index (χ1n) is 10.4. The maximum Gasteiger partial charge on any atom is 0.338 e. The molecule has 0 bridgehead atoms. The minimum atomic E-state index is -0.628. The van der Waals surface area contributed by atoms with Crippen LogP contribution in [0.5, 0.6) is 0 Å². The molecule has 0 fully saturated rings. The molecule has 2 N–H and O–H groups in total. The van der Waals surface area contributed by atoms with Crippen molar-refractivity contribution in [3.05, 3.63) is 41.7 Å². The highest BCUT2D eigenvalue weighted by atomic mass is 32.2. The molecule has 11 heteroatoms. The fraction of sp³-hybridized carbons (Fsp3) is 0.409. The van der Waals surface area contributed by atoms with E-state index in [1.54, 1.807) is 44.2 Å². The van der Waals surface area contributed by atoms with Crippen molar-refractivity contribution in [2.24, 2.45) is 0 Å². The molecule has 10 nitrogen and oxygen atoms in total. The SMILES string of the molecule is CCCCOC(=O)c1ccc(NC(=O)COC(=O)CSC(C)C(=O)Nc2cc(C)on2)cc1. The number of anilines is 2. The van der Waals surface area contributed by atoms with Crippen molar-refractivity contribution in [1.29, 1.82) is 0 Å². The van der Waals surface area contributed by atoms with Gasteiger partial charge in [0.1, 0.15) is 5.76 Å². The highest BCUT2D eigenvalue weighted by Gasteiger charge is 2.18. The molecule has 0 aliphatic heterocycles. The summed E-state index contributed by atoms with van der Waals surface area (Å²) in [6.45, 7) is 5.23. The lowest BCUT2D eigenvalue weighted by atomic mass is 10.2. The van der Waals surface area contributed by atoms with Gasteiger partial charge in [-0.15, -0.1) is 11.8 Å². The van der Waals surface area contributed by atoms with Gasteiger partial charge in [-0.3, -0.25) is 14.4 Å². The molecule has 1 atom stereocenters. The van der Waals surface area contributed by atoms with Crippen molar-refractivity contribution >= 4 is 47.0 Å². The number of carbonyl (C=O) groups excluding carboxylic acids is 4. The number of benzene rings is 1. The number of amides is 2. The second-order valence-corrected chi connectivity index (χ2v) is 8.37. The molecule has 1 unspecified atom stereocenters. The minimum Gasteiger partial charge on any atom is -0.462 e. The van der Waals surface area contributed by atoms with E-state index in [4.69, 9.17) is 14.0 Å². The minimum absolute atomic E-state index is 0.103. The Morgan fingerprint density at radius 3 is 2.48 bits per heavy atom. The fourth-order valence-corrected chi connectivity index (χ4v) is 3.07. The number of rotatable bonds is 12. The van der Waals surface area contributed by atoms with Crippen LogP contribution in [-0.2, 0) is 23.9 Å². The van der Waals surface area contributed by atoms with Gasteiger partial charge in [-0.25, -0.2) is 4.79 Å². The van der Waals surface area contributed by atoms with Crippen molar-refractivity contribution in [3.8, 4) is 0 Å². The number of unbranched alkanes of at least 4 members (excludes halogenated alkanes) is 1. The average molecular weight is 478 g/mol. The van der Waals surface area contributed by atoms with E-state index < -0.39 is 29.7 Å². The van der Waals surface area contributed by atoms with Gasteiger partial charge < -0.3 is 24.6 Å². The quantitative estimate of drug-likeness (QED) is 0.349. The Bertz CT molecular complexity index is 959. The van der Waals surface area contributed by atoms with Crippen LogP contribution in [0, 0.1) is 6.92 Å². The molecule has 2 aromatic rings. The van der Waals surface area contributed by atoms with Crippen LogP contribution in [0.15, 0.2) is 34.9 Å². The van der Waals surface area contributed by atoms with E-state index in [1.165, 1.54) is 0 Å². The van der Waals surface area contributed by atoms with Gasteiger partial charge in [-0.2, -0.15) is 0 Å². The zero-order valence-electron chi connectivity index (χ0n) is 18.7. The van der Waals surface area contributed by atoms with Crippen molar-refractivity contribution in [1.82, 2.24) is 5.16 Å². The van der Waals surface area contributed by atoms with Crippen LogP contribution in [0.25, 0.3) is 0 Å². The van der Waals surface area contributed by atoms with Gasteiger partial charge in [0.05, 0.1) is 23.2 Å². The van der Waals surface area contributed by atoms with Gasteiger partial charge in [0.2, 0.25) is 5.91 Å². The lowest BCUT2D eigenvalue weighted by Gasteiger charge is -2.10. The molecule has 0 radical (unpaired) electrons. The van der Waals surface area contributed by atoms with Crippen molar-refractivity contribution in [2.75, 3.05) is 29.6 Å². The number of thioether (sulfide) groups is 1. The van der Waals surface area contributed by atoms with Gasteiger partial charge in [0.15, 0.2) is 12.4 Å². The predicted molar refractivity (Wildman–Crippen MR) is 123 cm³/mol. The Kier molecular flexibility index (Phi) is 10.4. The Hall–Kier alpha value is -3.34. The summed E-state index contributed by atoms with van der Waals surface area (Å²) in [5, 5.41) is 8.27. The maximum atomic E-state index is 12.1. The third-order valence-electron chi connectivity index (χ3n) is 4.20. The van der Waals surface area contributed by atoms with Crippen LogP contribution in [0.2, 0.25) is 0 Å². The first kappa shape index (κ1) is 25.9. The summed E-state index contributed by atoms with van der Waals surface area (Å²) < 4.78 is 14.9. The fourth-order valence-electron chi connectivity index (χ4n) is 2.39. The van der Waals surface area contributed by atoms with Gasteiger partial charge in [-0.05, 0) is 44.5 Å². The molecular weight excluding hydrogens is 450 g/mol. The number of nitrogens with one attached hydrogen (secondary N) is 2. The summed E-state index contributed by atoms with van der Waals surface area (Å²) in [5.41, 5.74) is 0.827. The summed E-state index contributed by atoms with van der Waals surface area (Å²) in [7, 11) is 0. The second-order valence-electron chi connectivity index (χ2n) is 7.04. The number of ether oxygens (including phenoxy) is 2. The van der Waals surface area contributed by atoms with E-state index >= 15 is 0 Å². The lowest BCUT2D eigenvalue weighted by molar-refractivity contribution is -0.144. The Balaban J connectivity index is 1.67. The van der Waals surface area contributed by atoms with Crippen molar-refractivity contribution in [2.45, 2.75) is 38.9 Å². The third-order valence-corrected chi connectivity index (χ3v) is 5.32. The number of hydrogen-bond donors (Lipinski definition) is 2. The summed E-state index contributed by atoms with van der Waals surface area (Å²) >= 11 is 1.07. The Morgan fingerprint density at radius 2 is 1.85 bits per heavy atom. The number of hydrogen-bond acceptors (Lipinski definition) is 9. The topological polar surface area (TPSA) is 137 Å². The third kappa shape index (κ3) is 9.36. The molecule has 0 aliphatic rings. The van der Waals surface area contributed by atoms with Gasteiger partial charge >= 0.3 is 11.9 Å². The highest BCUT2D eigenvalue weighted by molar-refractivity contribution is 8.01. The molecule has 1 aromatic carbocycles. The zero-order chi connectivity index (χ0) is 24.2. The van der Waals surface area contributed by atoms with E-state index in [2.05, 4.69) is 15.8 Å². The summed E-state index contributed by atoms with van der Waals surface area (Å²) in [6, 6.07) is 7.78. The summed E-state index contributed by atoms with van der Waals surface area (Å²) in [5.74, 6) is -1.16. The molecule has 0 aliphatic carbocycles. The summed E-state index contributed by atoms with van der Waals surface area (Å²) in [6.07, 6.45) is 1.73. The number of aryl methyl sites for hydroxylation is 1. The molecule has 33 heavy (non-hydrogen) atoms. The van der Waals surface area contributed by atoms with E-state index in [9.17, 15) is 19.2 Å². The molecule has 0 spiro atoms. The molecule has 1 aromatic heterocycles. The maximum absolute atomic E-state index is 12.1. The number of esters is 2. The molecule has 0 saturated carbocycles. The molecule has 178 valence electrons. The van der Waals surface area contributed by atoms with Gasteiger partial charge in [0, 0.05) is 11.8 Å². The smallest absolute Gasteiger partial charge is 0.338 e. The molecule has 2 rings (SSSR count). The van der Waals surface area contributed by atoms with E-state index in [0.717, 1.165) is 24.6 Å². The molecule has 2 amide bonds. The highest BCUT2D eigenvalue weighted by Crippen LogP contribution is 2.15. The largest absolute Gasteiger partial charge is 0.462 e. The van der Waals surface area contributed by atoms with Crippen LogP contribution < -0.4 is 10.6 Å². The number of aromatic nitrogens is 1. The molecule has 0 saturated heterocycles. The van der Waals surface area contributed by atoms with Crippen molar-refractivity contribution < 1.29 is 33.2 Å². The number of carbonyl (C=O) groups is 4. The molecule has 1 heterocycles. The average Bonchev–Trinajstić information content (AvgIpc) is 3.20. The standard InChI is InChI=1S/C22H27N3O7S/c1-4-5-10-30-22(29)16-6-8-17(9-7-16)23-19(26)12-31-20(27)13-33-15(3)21(28)24-18-11-14(2)32-25-18/h6-9,11,15H,4-5,10,12-13H2,1-3H3,(H,23,26)(H,24,25,28). The first-order valence-corrected chi connectivity index (χ1v) is 11.4. The first-order chi connectivity index (χ1) is 15.8. The normalized spacial score (nSPS) is 11.4. The van der Waals surface area contributed by atoms with Crippen LogP contribution in [0.3, 0.4) is 0 Å². The molecular formula is C22H27N3O7S. The zero-order valence-corrected chi connectivity index (χ0v) is 19.5. The van der Waals surface area contributed by atoms with E-state index in [1.807, 2.05) is 6.92 Å². The van der Waals surface area contributed by atoms with Crippen LogP contribution in [0.4, 0.5) is 11.5 Å². The number of nitrogens with zero attached hydrogens (tertiary/aromatic N) is 1. The van der Waals surface area contributed by atoms with Gasteiger partial charge in [-0.1, -0.05) is 18.5 Å². The van der Waals surface area contributed by atoms with Gasteiger partial charge in [0.25, 0.3) is 5.91 Å². The summed E-state index contributed by atoms with van der Waals surface area (Å²) in [4.78, 5) is 47.8. The van der Waals surface area contributed by atoms with E-state index in [0.29, 0.717) is 29.4 Å².